The number of hydrogen-bond donors (Lipinski definition) is 10. The Kier molecular flexibility index (Phi) is 12.5. The number of nitrogens with two attached hydrogens (primary N) is 3. The first kappa shape index (κ1) is 26.9. The van der Waals surface area contributed by atoms with Crippen molar-refractivity contribution in [3.63, 3.8) is 0 Å². The van der Waals surface area contributed by atoms with Crippen LogP contribution in [0.2, 0.25) is 0 Å². The van der Waals surface area contributed by atoms with Crippen molar-refractivity contribution >= 4 is 29.7 Å². The Hall–Kier alpha value is -3.09. The number of aliphatic carboxylic acids is 1. The molecule has 2 amide bonds. The molecule has 0 aromatic heterocycles. The van der Waals surface area contributed by atoms with Crippen LogP contribution in [0.5, 0.6) is 0 Å². The van der Waals surface area contributed by atoms with Crippen molar-refractivity contribution in [2.75, 3.05) is 13.1 Å². The van der Waals surface area contributed by atoms with Crippen LogP contribution in [0.4, 0.5) is 0 Å². The summed E-state index contributed by atoms with van der Waals surface area (Å²) in [5.41, 5.74) is 16.2. The molecule has 13 N–H and O–H groups in total. The Balaban J connectivity index is 5.01. The lowest BCUT2D eigenvalue weighted by molar-refractivity contribution is -0.142. The maximum absolute atomic E-state index is 12.7. The van der Waals surface area contributed by atoms with E-state index in [-0.39, 0.29) is 37.2 Å². The van der Waals surface area contributed by atoms with Crippen LogP contribution in [0.1, 0.15) is 39.5 Å². The standard InChI is InChI=1S/C17H35N9O4/c1-9(2)12(18)14(28)25-10(5-3-7-23-16(19)20)13(27)26-11(15(29)30)6-4-8-24-17(21)22/h9-12H,3-8,18H2,1-2H3,(H,25,28)(H,26,27)(H,29,30)(H4,19,20,23)(H4,21,22,24)/t10-,11-,12-/m0/s1. The molecule has 3 atom stereocenters. The van der Waals surface area contributed by atoms with E-state index in [1.165, 1.54) is 0 Å². The van der Waals surface area contributed by atoms with E-state index in [1.54, 1.807) is 13.8 Å². The molecule has 0 rings (SSSR count). The van der Waals surface area contributed by atoms with Gasteiger partial charge in [0.05, 0.1) is 6.04 Å². The van der Waals surface area contributed by atoms with Crippen LogP contribution >= 0.6 is 0 Å². The Morgan fingerprint density at radius 3 is 1.70 bits per heavy atom. The van der Waals surface area contributed by atoms with Gasteiger partial charge >= 0.3 is 5.97 Å². The topological polar surface area (TPSA) is 245 Å². The van der Waals surface area contributed by atoms with Gasteiger partial charge in [-0.15, -0.1) is 0 Å². The molecule has 0 spiro atoms. The summed E-state index contributed by atoms with van der Waals surface area (Å²) in [6.07, 6.45) is 1.06. The fourth-order valence-corrected chi connectivity index (χ4v) is 2.43. The van der Waals surface area contributed by atoms with E-state index in [4.69, 9.17) is 28.0 Å². The zero-order valence-corrected chi connectivity index (χ0v) is 17.5. The summed E-state index contributed by atoms with van der Waals surface area (Å²) in [4.78, 5) is 36.4. The summed E-state index contributed by atoms with van der Waals surface area (Å²) in [5, 5.41) is 33.8. The molecule has 13 heteroatoms. The molecular weight excluding hydrogens is 394 g/mol. The molecule has 0 saturated carbocycles. The monoisotopic (exact) mass is 429 g/mol. The van der Waals surface area contributed by atoms with Gasteiger partial charge in [-0.2, -0.15) is 0 Å². The van der Waals surface area contributed by atoms with E-state index in [9.17, 15) is 19.5 Å². The van der Waals surface area contributed by atoms with E-state index in [0.29, 0.717) is 19.4 Å². The number of carboxylic acids is 1. The van der Waals surface area contributed by atoms with Crippen LogP contribution in [0.3, 0.4) is 0 Å². The van der Waals surface area contributed by atoms with Crippen molar-refractivity contribution in [2.24, 2.45) is 23.1 Å². The maximum atomic E-state index is 12.7. The quantitative estimate of drug-likeness (QED) is 0.0798. The molecular formula is C17H35N9O4. The molecule has 0 aliphatic heterocycles. The molecule has 0 aliphatic carbocycles. The second-order valence-corrected chi connectivity index (χ2v) is 7.20. The van der Waals surface area contributed by atoms with Gasteiger partial charge < -0.3 is 43.6 Å². The lowest BCUT2D eigenvalue weighted by atomic mass is 10.0. The minimum Gasteiger partial charge on any atom is -0.480 e. The second-order valence-electron chi connectivity index (χ2n) is 7.20. The van der Waals surface area contributed by atoms with Crippen LogP contribution in [0, 0.1) is 16.7 Å². The van der Waals surface area contributed by atoms with Gasteiger partial charge in [0.25, 0.3) is 0 Å². The Morgan fingerprint density at radius 1 is 0.867 bits per heavy atom. The predicted molar refractivity (Wildman–Crippen MR) is 113 cm³/mol. The van der Waals surface area contributed by atoms with E-state index < -0.39 is 35.9 Å². The zero-order valence-electron chi connectivity index (χ0n) is 17.5. The molecule has 172 valence electrons. The number of nitrogens with one attached hydrogen (secondary N) is 6. The highest BCUT2D eigenvalue weighted by Crippen LogP contribution is 2.04. The van der Waals surface area contributed by atoms with E-state index >= 15 is 0 Å². The van der Waals surface area contributed by atoms with Crippen molar-refractivity contribution in [1.29, 1.82) is 10.8 Å². The minimum absolute atomic E-state index is 0.111. The fraction of sp³-hybridized carbons (Fsp3) is 0.706. The van der Waals surface area contributed by atoms with E-state index in [0.717, 1.165) is 0 Å². The van der Waals surface area contributed by atoms with Gasteiger partial charge in [-0.3, -0.25) is 20.4 Å². The summed E-state index contributed by atoms with van der Waals surface area (Å²) in [7, 11) is 0. The van der Waals surface area contributed by atoms with E-state index in [2.05, 4.69) is 21.3 Å². The normalized spacial score (nSPS) is 13.6. The first-order chi connectivity index (χ1) is 14.0. The molecule has 0 radical (unpaired) electrons. The fourth-order valence-electron chi connectivity index (χ4n) is 2.43. The summed E-state index contributed by atoms with van der Waals surface area (Å²) >= 11 is 0. The van der Waals surface area contributed by atoms with Crippen LogP contribution in [0.25, 0.3) is 0 Å². The van der Waals surface area contributed by atoms with Crippen LogP contribution in [0.15, 0.2) is 0 Å². The molecule has 0 aromatic carbocycles. The van der Waals surface area contributed by atoms with Crippen molar-refractivity contribution in [1.82, 2.24) is 21.3 Å². The average molecular weight is 430 g/mol. The molecule has 0 unspecified atom stereocenters. The molecule has 0 saturated heterocycles. The molecule has 0 fully saturated rings. The zero-order chi connectivity index (χ0) is 23.3. The highest BCUT2D eigenvalue weighted by molar-refractivity contribution is 5.91. The van der Waals surface area contributed by atoms with Crippen molar-refractivity contribution < 1.29 is 19.5 Å². The van der Waals surface area contributed by atoms with Crippen molar-refractivity contribution in [2.45, 2.75) is 57.7 Å². The first-order valence-electron chi connectivity index (χ1n) is 9.70. The Morgan fingerprint density at radius 2 is 1.30 bits per heavy atom. The summed E-state index contributed by atoms with van der Waals surface area (Å²) in [6, 6.07) is -2.98. The highest BCUT2D eigenvalue weighted by Gasteiger charge is 2.28. The van der Waals surface area contributed by atoms with Gasteiger partial charge in [0.2, 0.25) is 11.8 Å². The minimum atomic E-state index is -1.21. The maximum Gasteiger partial charge on any atom is 0.326 e. The van der Waals surface area contributed by atoms with Crippen LogP contribution in [-0.2, 0) is 14.4 Å². The van der Waals surface area contributed by atoms with Gasteiger partial charge in [-0.05, 0) is 31.6 Å². The number of carbonyl (C=O) groups is 3. The smallest absolute Gasteiger partial charge is 0.326 e. The molecule has 0 bridgehead atoms. The number of hydrogen-bond acceptors (Lipinski definition) is 6. The highest BCUT2D eigenvalue weighted by atomic mass is 16.4. The molecule has 13 nitrogen and oxygen atoms in total. The van der Waals surface area contributed by atoms with E-state index in [1.807, 2.05) is 0 Å². The lowest BCUT2D eigenvalue weighted by Crippen LogP contribution is -2.55. The third kappa shape index (κ3) is 11.7. The summed E-state index contributed by atoms with van der Waals surface area (Å²) in [6.45, 7) is 4.14. The summed E-state index contributed by atoms with van der Waals surface area (Å²) < 4.78 is 0. The molecule has 30 heavy (non-hydrogen) atoms. The van der Waals surface area contributed by atoms with Gasteiger partial charge in [0, 0.05) is 13.1 Å². The van der Waals surface area contributed by atoms with Crippen LogP contribution in [-0.4, -0.2) is 66.0 Å². The molecule has 0 heterocycles. The number of carboxylic acid groups (broad SMARTS) is 1. The van der Waals surface area contributed by atoms with Crippen LogP contribution < -0.4 is 38.5 Å². The number of guanidine groups is 2. The third-order valence-electron chi connectivity index (χ3n) is 4.24. The molecule has 0 aliphatic rings. The first-order valence-corrected chi connectivity index (χ1v) is 9.70. The second kappa shape index (κ2) is 14.0. The summed E-state index contributed by atoms with van der Waals surface area (Å²) in [5.74, 6) is -2.96. The van der Waals surface area contributed by atoms with Crippen molar-refractivity contribution in [3.8, 4) is 0 Å². The Bertz CT molecular complexity index is 612. The molecule has 0 aromatic rings. The predicted octanol–water partition coefficient (Wildman–Crippen LogP) is -2.45. The average Bonchev–Trinajstić information content (AvgIpc) is 2.64. The number of rotatable bonds is 14. The largest absolute Gasteiger partial charge is 0.480 e. The van der Waals surface area contributed by atoms with Gasteiger partial charge in [0.1, 0.15) is 12.1 Å². The SMILES string of the molecule is CC(C)[C@H](N)C(=O)N[C@@H](CCCNC(=N)N)C(=O)N[C@@H](CCCNC(=N)N)C(=O)O. The lowest BCUT2D eigenvalue weighted by Gasteiger charge is -2.24. The number of carbonyl (C=O) groups excluding carboxylic acids is 2. The Labute approximate surface area is 175 Å². The van der Waals surface area contributed by atoms with Gasteiger partial charge in [0.15, 0.2) is 11.9 Å². The third-order valence-corrected chi connectivity index (χ3v) is 4.24. The van der Waals surface area contributed by atoms with Gasteiger partial charge in [-0.1, -0.05) is 13.8 Å². The number of amides is 2. The van der Waals surface area contributed by atoms with Gasteiger partial charge in [-0.25, -0.2) is 4.79 Å². The van der Waals surface area contributed by atoms with Crippen molar-refractivity contribution in [3.05, 3.63) is 0 Å².